The normalized spacial score (nSPS) is 11.2. The van der Waals surface area contributed by atoms with E-state index in [-0.39, 0.29) is 0 Å². The topological polar surface area (TPSA) is 81.7 Å². The Morgan fingerprint density at radius 3 is 3.00 bits per heavy atom. The summed E-state index contributed by atoms with van der Waals surface area (Å²) in [6, 6.07) is 0.325. The molecule has 2 aromatic heterocycles. The lowest BCUT2D eigenvalue weighted by atomic mass is 10.4. The van der Waals surface area contributed by atoms with Gasteiger partial charge in [0.1, 0.15) is 12.2 Å². The summed E-state index contributed by atoms with van der Waals surface area (Å²) in [4.78, 5) is 8.16. The maximum atomic E-state index is 4.65. The highest BCUT2D eigenvalue weighted by atomic mass is 16.5. The van der Waals surface area contributed by atoms with Crippen molar-refractivity contribution in [3.63, 3.8) is 0 Å². The van der Waals surface area contributed by atoms with Crippen LogP contribution in [0.3, 0.4) is 0 Å². The number of nitrogens with one attached hydrogen (secondary N) is 1. The van der Waals surface area contributed by atoms with Crippen LogP contribution in [-0.2, 0) is 13.0 Å². The minimum absolute atomic E-state index is 0.325. The van der Waals surface area contributed by atoms with Gasteiger partial charge in [-0.15, -0.1) is 0 Å². The molecule has 0 unspecified atom stereocenters. The van der Waals surface area contributed by atoms with Gasteiger partial charge in [0.05, 0.1) is 6.54 Å². The Bertz CT molecular complexity index is 435. The number of hydrogen-bond donors (Lipinski definition) is 1. The third-order valence-corrected chi connectivity index (χ3v) is 2.35. The lowest BCUT2D eigenvalue weighted by Gasteiger charge is -2.09. The first-order chi connectivity index (χ1) is 8.27. The van der Waals surface area contributed by atoms with Gasteiger partial charge in [0.15, 0.2) is 5.82 Å². The lowest BCUT2D eigenvalue weighted by Crippen LogP contribution is -2.21. The van der Waals surface area contributed by atoms with Gasteiger partial charge in [-0.05, 0) is 13.8 Å². The average Bonchev–Trinajstić information content (AvgIpc) is 2.95. The van der Waals surface area contributed by atoms with E-state index in [0.29, 0.717) is 18.4 Å². The van der Waals surface area contributed by atoms with Crippen molar-refractivity contribution in [2.24, 2.45) is 0 Å². The zero-order chi connectivity index (χ0) is 12.1. The summed E-state index contributed by atoms with van der Waals surface area (Å²) in [7, 11) is 0. The van der Waals surface area contributed by atoms with Crippen molar-refractivity contribution < 1.29 is 4.52 Å². The molecule has 2 aromatic rings. The highest BCUT2D eigenvalue weighted by Gasteiger charge is 2.06. The van der Waals surface area contributed by atoms with Crippen LogP contribution in [0.2, 0.25) is 0 Å². The molecule has 0 aliphatic rings. The SMILES string of the molecule is CC(C)n1ncnc1CNCCc1ncon1. The summed E-state index contributed by atoms with van der Waals surface area (Å²) < 4.78 is 6.56. The van der Waals surface area contributed by atoms with Crippen molar-refractivity contribution in [2.45, 2.75) is 32.9 Å². The van der Waals surface area contributed by atoms with Crippen LogP contribution in [0.25, 0.3) is 0 Å². The summed E-state index contributed by atoms with van der Waals surface area (Å²) in [5, 5.41) is 11.2. The van der Waals surface area contributed by atoms with Gasteiger partial charge in [0, 0.05) is 19.0 Å². The predicted octanol–water partition coefficient (Wildman–Crippen LogP) is 0.574. The van der Waals surface area contributed by atoms with Crippen LogP contribution in [0, 0.1) is 0 Å². The van der Waals surface area contributed by atoms with E-state index >= 15 is 0 Å². The summed E-state index contributed by atoms with van der Waals surface area (Å²) in [5.74, 6) is 1.65. The molecule has 0 saturated heterocycles. The fraction of sp³-hybridized carbons (Fsp3) is 0.600. The van der Waals surface area contributed by atoms with Gasteiger partial charge in [-0.1, -0.05) is 5.16 Å². The molecule has 2 heterocycles. The second kappa shape index (κ2) is 5.53. The molecule has 0 radical (unpaired) electrons. The molecule has 1 N–H and O–H groups in total. The van der Waals surface area contributed by atoms with Gasteiger partial charge in [-0.3, -0.25) is 0 Å². The first-order valence-electron chi connectivity index (χ1n) is 5.61. The molecule has 0 aliphatic heterocycles. The summed E-state index contributed by atoms with van der Waals surface area (Å²) in [6.07, 6.45) is 3.66. The summed E-state index contributed by atoms with van der Waals surface area (Å²) >= 11 is 0. The minimum atomic E-state index is 0.325. The van der Waals surface area contributed by atoms with Crippen LogP contribution in [0.15, 0.2) is 17.2 Å². The molecule has 0 atom stereocenters. The molecule has 0 saturated carbocycles. The zero-order valence-corrected chi connectivity index (χ0v) is 10.00. The molecule has 0 fully saturated rings. The van der Waals surface area contributed by atoms with Crippen LogP contribution in [0.5, 0.6) is 0 Å². The van der Waals surface area contributed by atoms with Crippen molar-refractivity contribution in [2.75, 3.05) is 6.54 Å². The average molecular weight is 236 g/mol. The summed E-state index contributed by atoms with van der Waals surface area (Å²) in [5.41, 5.74) is 0. The largest absolute Gasteiger partial charge is 0.343 e. The van der Waals surface area contributed by atoms with E-state index in [9.17, 15) is 0 Å². The molecule has 0 aromatic carbocycles. The molecular weight excluding hydrogens is 220 g/mol. The van der Waals surface area contributed by atoms with Crippen LogP contribution in [0.1, 0.15) is 31.5 Å². The van der Waals surface area contributed by atoms with E-state index in [4.69, 9.17) is 0 Å². The Labute approximate surface area is 99.2 Å². The van der Waals surface area contributed by atoms with E-state index in [1.54, 1.807) is 6.33 Å². The smallest absolute Gasteiger partial charge is 0.213 e. The van der Waals surface area contributed by atoms with Crippen molar-refractivity contribution in [1.29, 1.82) is 0 Å². The maximum absolute atomic E-state index is 4.65. The highest BCUT2D eigenvalue weighted by Crippen LogP contribution is 2.04. The first-order valence-corrected chi connectivity index (χ1v) is 5.61. The Balaban J connectivity index is 1.76. The second-order valence-electron chi connectivity index (χ2n) is 3.99. The standard InChI is InChI=1S/C10H16N6O/c1-8(2)16-10(12-6-14-16)5-11-4-3-9-13-7-17-15-9/h6-8,11H,3-5H2,1-2H3. The lowest BCUT2D eigenvalue weighted by molar-refractivity contribution is 0.409. The minimum Gasteiger partial charge on any atom is -0.343 e. The molecule has 0 spiro atoms. The van der Waals surface area contributed by atoms with E-state index < -0.39 is 0 Å². The molecule has 7 nitrogen and oxygen atoms in total. The van der Waals surface area contributed by atoms with Crippen molar-refractivity contribution in [1.82, 2.24) is 30.2 Å². The van der Waals surface area contributed by atoms with E-state index in [2.05, 4.69) is 43.9 Å². The van der Waals surface area contributed by atoms with Crippen LogP contribution < -0.4 is 5.32 Å². The zero-order valence-electron chi connectivity index (χ0n) is 10.00. The van der Waals surface area contributed by atoms with E-state index in [0.717, 1.165) is 18.8 Å². The number of hydrogen-bond acceptors (Lipinski definition) is 6. The van der Waals surface area contributed by atoms with Crippen molar-refractivity contribution in [3.8, 4) is 0 Å². The van der Waals surface area contributed by atoms with Crippen LogP contribution in [0.4, 0.5) is 0 Å². The Morgan fingerprint density at radius 1 is 1.41 bits per heavy atom. The molecule has 0 amide bonds. The van der Waals surface area contributed by atoms with Gasteiger partial charge in [0.25, 0.3) is 0 Å². The molecule has 2 rings (SSSR count). The van der Waals surface area contributed by atoms with E-state index in [1.165, 1.54) is 6.39 Å². The molecule has 0 aliphatic carbocycles. The van der Waals surface area contributed by atoms with Gasteiger partial charge in [-0.2, -0.15) is 10.1 Å². The molecule has 0 bridgehead atoms. The van der Waals surface area contributed by atoms with E-state index in [1.807, 2.05) is 4.68 Å². The molecule has 7 heteroatoms. The molecule has 17 heavy (non-hydrogen) atoms. The Kier molecular flexibility index (Phi) is 3.81. The predicted molar refractivity (Wildman–Crippen MR) is 60.1 cm³/mol. The van der Waals surface area contributed by atoms with Gasteiger partial charge < -0.3 is 9.84 Å². The molecular formula is C10H16N6O. The molecule has 92 valence electrons. The van der Waals surface area contributed by atoms with Crippen LogP contribution in [-0.4, -0.2) is 31.4 Å². The van der Waals surface area contributed by atoms with Gasteiger partial charge in [0.2, 0.25) is 6.39 Å². The highest BCUT2D eigenvalue weighted by molar-refractivity contribution is 4.86. The first kappa shape index (κ1) is 11.7. The van der Waals surface area contributed by atoms with Crippen molar-refractivity contribution in [3.05, 3.63) is 24.4 Å². The Hall–Kier alpha value is -1.76. The second-order valence-corrected chi connectivity index (χ2v) is 3.99. The Morgan fingerprint density at radius 2 is 2.29 bits per heavy atom. The number of aromatic nitrogens is 5. The quantitative estimate of drug-likeness (QED) is 0.739. The fourth-order valence-electron chi connectivity index (χ4n) is 1.53. The van der Waals surface area contributed by atoms with Crippen LogP contribution >= 0.6 is 0 Å². The fourth-order valence-corrected chi connectivity index (χ4v) is 1.53. The third kappa shape index (κ3) is 3.10. The number of nitrogens with zero attached hydrogens (tertiary/aromatic N) is 5. The van der Waals surface area contributed by atoms with Gasteiger partial charge >= 0.3 is 0 Å². The van der Waals surface area contributed by atoms with Crippen molar-refractivity contribution >= 4 is 0 Å². The number of rotatable bonds is 6. The monoisotopic (exact) mass is 236 g/mol. The summed E-state index contributed by atoms with van der Waals surface area (Å²) in [6.45, 7) is 5.63. The maximum Gasteiger partial charge on any atom is 0.213 e. The third-order valence-electron chi connectivity index (χ3n) is 2.35. The van der Waals surface area contributed by atoms with Gasteiger partial charge in [-0.25, -0.2) is 9.67 Å².